The quantitative estimate of drug-likeness (QED) is 0.0142. The number of aliphatic hydroxyl groups is 1. The second kappa shape index (κ2) is 47.4. The van der Waals surface area contributed by atoms with E-state index in [0.717, 1.165) is 146 Å². The molecule has 3 amide bonds. The number of rotatable bonds is 31. The van der Waals surface area contributed by atoms with Gasteiger partial charge in [0.25, 0.3) is 0 Å². The second-order valence-electron chi connectivity index (χ2n) is 32.4. The number of hydrogen-bond donors (Lipinski definition) is 10. The number of aromatic nitrogens is 10. The number of hydrogen-bond acceptors (Lipinski definition) is 30. The summed E-state index contributed by atoms with van der Waals surface area (Å²) in [7, 11) is 9.62. The van der Waals surface area contributed by atoms with E-state index in [0.29, 0.717) is 138 Å². The maximum atomic E-state index is 15.0. The van der Waals surface area contributed by atoms with Gasteiger partial charge in [-0.05, 0) is 167 Å². The molecule has 6 aromatic heterocycles. The van der Waals surface area contributed by atoms with Crippen molar-refractivity contribution in [1.82, 2.24) is 69.4 Å². The van der Waals surface area contributed by atoms with Crippen LogP contribution >= 0.6 is 23.2 Å². The van der Waals surface area contributed by atoms with Gasteiger partial charge < -0.3 is 115 Å². The number of aliphatic hydroxyl groups excluding tert-OH is 1. The van der Waals surface area contributed by atoms with Crippen LogP contribution in [0.3, 0.4) is 0 Å². The van der Waals surface area contributed by atoms with Crippen LogP contribution in [0.15, 0.2) is 233 Å². The predicted octanol–water partition coefficient (Wildman–Crippen LogP) is 17.2. The molecule has 4 aliphatic rings. The number of carbonyl (C=O) groups excluding carboxylic acids is 3. The number of benzene rings is 8. The average molecular weight is 1930 g/mol. The Bertz CT molecular complexity index is 6670. The van der Waals surface area contributed by atoms with Crippen molar-refractivity contribution in [3.05, 3.63) is 260 Å². The first-order valence-electron chi connectivity index (χ1n) is 44.8. The molecule has 0 spiro atoms. The number of H-pyrrole nitrogens is 2. The number of nitrogens with one attached hydrogen (secondary N) is 9. The highest BCUT2D eigenvalue weighted by atomic mass is 35.5. The molecule has 39 heteroatoms. The maximum Gasteiger partial charge on any atom is 0.247 e. The fraction of sp³-hybridized carbons (Fsp3) is 0.250. The van der Waals surface area contributed by atoms with Crippen LogP contribution in [0.2, 0.25) is 10.0 Å². The number of methoxy groups -OCH3 is 2. The van der Waals surface area contributed by atoms with Crippen molar-refractivity contribution < 1.29 is 61.4 Å². The topological polar surface area (TPSA) is 378 Å². The fourth-order valence-electron chi connectivity index (χ4n) is 15.2. The molecule has 4 aliphatic heterocycles. The average Bonchev–Trinajstić information content (AvgIpc) is 1.45. The van der Waals surface area contributed by atoms with Crippen molar-refractivity contribution in [1.29, 1.82) is 0 Å². The van der Waals surface area contributed by atoms with Gasteiger partial charge in [0.05, 0.1) is 85.2 Å². The first-order valence-corrected chi connectivity index (χ1v) is 45.5. The van der Waals surface area contributed by atoms with Crippen LogP contribution in [0.1, 0.15) is 12.0 Å². The monoisotopic (exact) mass is 1930 g/mol. The van der Waals surface area contributed by atoms with E-state index in [4.69, 9.17) is 56.4 Å². The molecule has 0 radical (unpaired) electrons. The largest absolute Gasteiger partial charge is 0.494 e. The minimum Gasteiger partial charge on any atom is -0.494 e. The van der Waals surface area contributed by atoms with E-state index in [9.17, 15) is 28.3 Å². The molecule has 139 heavy (non-hydrogen) atoms. The number of piperazine rings is 3. The van der Waals surface area contributed by atoms with E-state index in [2.05, 4.69) is 168 Å². The Morgan fingerprint density at radius 3 is 1.47 bits per heavy atom. The first kappa shape index (κ1) is 98.2. The van der Waals surface area contributed by atoms with Crippen molar-refractivity contribution >= 4 is 154 Å². The lowest BCUT2D eigenvalue weighted by Crippen LogP contribution is -2.44. The van der Waals surface area contributed by atoms with Crippen LogP contribution in [0.25, 0.3) is 33.0 Å². The molecular formula is C100H106Cl2F2N24O11. The number of aromatic amines is 2. The number of halogens is 4. The van der Waals surface area contributed by atoms with Crippen molar-refractivity contribution in [3.63, 3.8) is 0 Å². The molecular weight excluding hydrogens is 1820 g/mol. The number of nitrogens with zero attached hydrogens (tertiary/aromatic N) is 15. The predicted molar refractivity (Wildman–Crippen MR) is 540 cm³/mol. The van der Waals surface area contributed by atoms with Gasteiger partial charge in [0, 0.05) is 192 Å². The Balaban J connectivity index is 0.000000141. The number of morpholine rings is 1. The summed E-state index contributed by atoms with van der Waals surface area (Å²) in [6, 6.07) is 49.6. The highest BCUT2D eigenvalue weighted by molar-refractivity contribution is 6.32. The third-order valence-electron chi connectivity index (χ3n) is 22.8. The summed E-state index contributed by atoms with van der Waals surface area (Å²) in [5, 5.41) is 33.0. The lowest BCUT2D eigenvalue weighted by atomic mass is 10.1. The van der Waals surface area contributed by atoms with Gasteiger partial charge in [0.15, 0.2) is 0 Å². The number of ether oxygens (including phenoxy) is 7. The van der Waals surface area contributed by atoms with Crippen molar-refractivity contribution in [2.24, 2.45) is 0 Å². The summed E-state index contributed by atoms with van der Waals surface area (Å²) in [6.07, 6.45) is 10.9. The molecule has 0 unspecified atom stereocenters. The highest BCUT2D eigenvalue weighted by Crippen LogP contribution is 2.40. The maximum absolute atomic E-state index is 15.0. The SMILES string of the molecule is C=CC(=O)Nc1cccc(Oc2nc(Nc3ccc(N4CCN(C)CC4)c(F)c3)nc3[nH]ccc23)c1.C=CC(=O)Nc1cccc(Oc2nc(Nc3ccc(N4CCN(C)CC4)cc3OC)nc3[nH]ccc23)c1.C=CC(=O)Nc1cccc(Oc2nc(Nc3ccc(N4CCN(C)CC4)cc3OC)ncc2Cl)c1.OCc1cc2ncnc(Nc3ccc(F)c(Cl)c3)c2cc1OCCCN1CCOCC1. The molecule has 8 aromatic carbocycles. The third-order valence-corrected chi connectivity index (χ3v) is 23.3. The van der Waals surface area contributed by atoms with E-state index in [-0.39, 0.29) is 52.0 Å². The minimum absolute atomic E-state index is 0.0234. The summed E-state index contributed by atoms with van der Waals surface area (Å²) in [4.78, 5) is 92.5. The van der Waals surface area contributed by atoms with Gasteiger partial charge in [-0.3, -0.25) is 19.3 Å². The molecule has 14 aromatic rings. The van der Waals surface area contributed by atoms with Gasteiger partial charge in [-0.1, -0.05) is 61.1 Å². The van der Waals surface area contributed by atoms with Crippen molar-refractivity contribution in [2.75, 3.05) is 205 Å². The van der Waals surface area contributed by atoms with Gasteiger partial charge in [-0.25, -0.2) is 23.7 Å². The summed E-state index contributed by atoms with van der Waals surface area (Å²) >= 11 is 12.2. The standard InChI is InChI=1S/C27H29N7O3.C26H26FN7O2.C25H27ClN6O3.C22H24ClFN4O3/c1-4-24(35)29-18-6-5-7-20(16-18)37-26-21-10-11-28-25(21)31-27(32-26)30-22-9-8-19(17-23(22)36-3)34-14-12-33(2)13-15-34;1-3-23(35)29-17-5-4-6-19(15-17)36-25-20-9-10-28-24(20)31-26(32-25)30-18-7-8-22(21(27)16-18)34-13-11-33(2)12-14-34;1-4-23(33)28-17-6-5-7-19(14-17)35-24-20(26)16-27-25(30-24)29-21-9-8-18(15-22(21)34-3)32-12-10-31(2)11-13-32;23-18-11-16(2-3-19(18)24)27-22-17-12-21(15(13-29)10-20(17)25-14-26-22)31-7-1-4-28-5-8-30-9-6-28/h4-11,16-17H,1,12-15H2,2-3H3,(H,29,35)(H2,28,30,31,32);3-10,15-16H,1,11-14H2,2H3,(H,29,35)(H2,28,30,31,32);4-9,14-16H,1,10-13H2,2-3H3,(H,28,33)(H,27,29,30);2-3,10-12,14,29H,1,4-9,13H2,(H,25,26,27). The van der Waals surface area contributed by atoms with Crippen LogP contribution in [0, 0.1) is 11.6 Å². The molecule has 0 bridgehead atoms. The summed E-state index contributed by atoms with van der Waals surface area (Å²) in [6.45, 7) is 26.5. The van der Waals surface area contributed by atoms with Crippen molar-refractivity contribution in [2.45, 2.75) is 13.0 Å². The molecule has 0 saturated carbocycles. The third kappa shape index (κ3) is 26.7. The Hall–Kier alpha value is -15.4. The van der Waals surface area contributed by atoms with E-state index >= 15 is 0 Å². The normalized spacial score (nSPS) is 14.0. The number of fused-ring (bicyclic) bond motifs is 3. The number of carbonyl (C=O) groups is 3. The fourth-order valence-corrected chi connectivity index (χ4v) is 15.6. The van der Waals surface area contributed by atoms with Crippen LogP contribution in [-0.2, 0) is 25.7 Å². The zero-order valence-corrected chi connectivity index (χ0v) is 78.7. The Labute approximate surface area is 811 Å². The molecule has 0 aliphatic carbocycles. The molecule has 0 atom stereocenters. The van der Waals surface area contributed by atoms with E-state index in [1.54, 1.807) is 118 Å². The van der Waals surface area contributed by atoms with Gasteiger partial charge in [0.1, 0.15) is 74.6 Å². The highest BCUT2D eigenvalue weighted by Gasteiger charge is 2.25. The van der Waals surface area contributed by atoms with Crippen LogP contribution in [-0.4, -0.2) is 246 Å². The summed E-state index contributed by atoms with van der Waals surface area (Å²) < 4.78 is 69.1. The van der Waals surface area contributed by atoms with Gasteiger partial charge in [-0.2, -0.15) is 24.9 Å². The molecule has 18 rings (SSSR count). The van der Waals surface area contributed by atoms with E-state index in [1.165, 1.54) is 49.0 Å². The minimum atomic E-state index is -0.486. The molecule has 10 heterocycles. The summed E-state index contributed by atoms with van der Waals surface area (Å²) in [5.41, 5.74) is 9.60. The second-order valence-corrected chi connectivity index (χ2v) is 33.3. The Kier molecular flexibility index (Phi) is 33.5. The lowest BCUT2D eigenvalue weighted by molar-refractivity contribution is -0.112. The van der Waals surface area contributed by atoms with Crippen LogP contribution in [0.5, 0.6) is 52.1 Å². The molecule has 4 saturated heterocycles. The van der Waals surface area contributed by atoms with Gasteiger partial charge >= 0.3 is 0 Å². The van der Waals surface area contributed by atoms with Gasteiger partial charge in [-0.15, -0.1) is 0 Å². The van der Waals surface area contributed by atoms with Crippen LogP contribution in [0.4, 0.5) is 89.3 Å². The number of anilines is 14. The summed E-state index contributed by atoms with van der Waals surface area (Å²) in [5.74, 6) is 3.97. The van der Waals surface area contributed by atoms with E-state index in [1.807, 2.05) is 54.6 Å². The smallest absolute Gasteiger partial charge is 0.247 e. The zero-order valence-electron chi connectivity index (χ0n) is 77.2. The lowest BCUT2D eigenvalue weighted by Gasteiger charge is -2.34. The zero-order chi connectivity index (χ0) is 97.3. The first-order chi connectivity index (χ1) is 67.6. The number of likely N-dealkylation sites (N-methyl/N-ethyl adjacent to an activating group) is 3. The molecule has 720 valence electrons. The molecule has 4 fully saturated rings. The van der Waals surface area contributed by atoms with Crippen LogP contribution < -0.4 is 80.3 Å². The molecule has 35 nitrogen and oxygen atoms in total. The number of amides is 3. The van der Waals surface area contributed by atoms with E-state index < -0.39 is 5.82 Å². The molecule has 10 N–H and O–H groups in total. The van der Waals surface area contributed by atoms with Crippen molar-refractivity contribution in [3.8, 4) is 52.1 Å². The Morgan fingerprint density at radius 1 is 0.475 bits per heavy atom. The Morgan fingerprint density at radius 2 is 0.964 bits per heavy atom. The van der Waals surface area contributed by atoms with Gasteiger partial charge in [0.2, 0.25) is 53.2 Å².